The summed E-state index contributed by atoms with van der Waals surface area (Å²) in [5.74, 6) is 0.797. The van der Waals surface area contributed by atoms with Gasteiger partial charge in [0, 0.05) is 6.54 Å². The van der Waals surface area contributed by atoms with Crippen molar-refractivity contribution >= 4 is 14.4 Å². The van der Waals surface area contributed by atoms with E-state index in [9.17, 15) is 9.90 Å². The average Bonchev–Trinajstić information content (AvgIpc) is 2.89. The number of ether oxygens (including phenoxy) is 1. The Balaban J connectivity index is 2.26. The summed E-state index contributed by atoms with van der Waals surface area (Å²) >= 11 is 0. The SMILES string of the molecule is COc1ccccc1C[C@H]1[C@H](O[Si](C)(C)C(C)(C)C)CCN1C(=O)O. The van der Waals surface area contributed by atoms with Crippen LogP contribution in [0.15, 0.2) is 24.3 Å². The van der Waals surface area contributed by atoms with Gasteiger partial charge in [-0.25, -0.2) is 4.79 Å². The molecule has 1 aromatic rings. The molecule has 0 bridgehead atoms. The highest BCUT2D eigenvalue weighted by Crippen LogP contribution is 2.40. The summed E-state index contributed by atoms with van der Waals surface area (Å²) in [7, 11) is -0.321. The van der Waals surface area contributed by atoms with Gasteiger partial charge < -0.3 is 19.2 Å². The molecular formula is C19H31NO4Si. The molecule has 6 heteroatoms. The third kappa shape index (κ3) is 4.36. The predicted octanol–water partition coefficient (Wildman–Crippen LogP) is 4.38. The minimum atomic E-state index is -1.97. The lowest BCUT2D eigenvalue weighted by Gasteiger charge is -2.40. The summed E-state index contributed by atoms with van der Waals surface area (Å²) in [5.41, 5.74) is 1.02. The fourth-order valence-corrected chi connectivity index (χ4v) is 4.48. The molecule has 0 saturated carbocycles. The maximum atomic E-state index is 11.7. The van der Waals surface area contributed by atoms with Gasteiger partial charge in [-0.15, -0.1) is 0 Å². The van der Waals surface area contributed by atoms with Crippen LogP contribution < -0.4 is 4.74 Å². The van der Waals surface area contributed by atoms with Gasteiger partial charge in [-0.1, -0.05) is 39.0 Å². The molecule has 1 N–H and O–H groups in total. The molecule has 1 saturated heterocycles. The van der Waals surface area contributed by atoms with E-state index in [4.69, 9.17) is 9.16 Å². The van der Waals surface area contributed by atoms with Crippen LogP contribution in [-0.4, -0.2) is 50.2 Å². The van der Waals surface area contributed by atoms with Crippen LogP contribution in [-0.2, 0) is 10.8 Å². The maximum Gasteiger partial charge on any atom is 0.407 e. The molecule has 140 valence electrons. The Kier molecular flexibility index (Phi) is 5.84. The number of rotatable bonds is 5. The molecule has 0 unspecified atom stereocenters. The Hall–Kier alpha value is -1.53. The molecule has 2 rings (SSSR count). The van der Waals surface area contributed by atoms with Crippen LogP contribution in [0.5, 0.6) is 5.75 Å². The van der Waals surface area contributed by atoms with Crippen molar-refractivity contribution < 1.29 is 19.1 Å². The maximum absolute atomic E-state index is 11.7. The Morgan fingerprint density at radius 1 is 1.32 bits per heavy atom. The number of hydrogen-bond donors (Lipinski definition) is 1. The molecule has 1 fully saturated rings. The molecule has 1 aliphatic heterocycles. The minimum Gasteiger partial charge on any atom is -0.496 e. The summed E-state index contributed by atoms with van der Waals surface area (Å²) < 4.78 is 12.0. The summed E-state index contributed by atoms with van der Waals surface area (Å²) in [5, 5.41) is 9.71. The zero-order chi connectivity index (χ0) is 18.8. The van der Waals surface area contributed by atoms with Gasteiger partial charge in [0.05, 0.1) is 19.3 Å². The number of benzene rings is 1. The second-order valence-corrected chi connectivity index (χ2v) is 13.0. The van der Waals surface area contributed by atoms with Crippen molar-refractivity contribution in [2.24, 2.45) is 0 Å². The molecule has 0 spiro atoms. The molecular weight excluding hydrogens is 334 g/mol. The first-order valence-electron chi connectivity index (χ1n) is 8.86. The molecule has 0 aromatic heterocycles. The first-order chi connectivity index (χ1) is 11.6. The average molecular weight is 366 g/mol. The fourth-order valence-electron chi connectivity index (χ4n) is 3.09. The molecule has 0 radical (unpaired) electrons. The second kappa shape index (κ2) is 7.38. The standard InChI is InChI=1S/C19H31NO4Si/c1-19(2,3)25(5,6)24-17-11-12-20(18(21)22)15(17)13-14-9-7-8-10-16(14)23-4/h7-10,15,17H,11-13H2,1-6H3,(H,21,22)/t15-,17+/m0/s1. The minimum absolute atomic E-state index is 0.0677. The molecule has 1 amide bonds. The third-order valence-electron chi connectivity index (χ3n) is 5.60. The number of carbonyl (C=O) groups is 1. The van der Waals surface area contributed by atoms with E-state index in [-0.39, 0.29) is 17.2 Å². The van der Waals surface area contributed by atoms with Crippen molar-refractivity contribution in [1.29, 1.82) is 0 Å². The third-order valence-corrected chi connectivity index (χ3v) is 10.1. The zero-order valence-electron chi connectivity index (χ0n) is 16.2. The molecule has 1 heterocycles. The summed E-state index contributed by atoms with van der Waals surface area (Å²) in [4.78, 5) is 13.2. The first kappa shape index (κ1) is 19.8. The molecule has 2 atom stereocenters. The van der Waals surface area contributed by atoms with Crippen LogP contribution in [0.2, 0.25) is 18.1 Å². The Bertz CT molecular complexity index is 612. The van der Waals surface area contributed by atoms with Crippen molar-refractivity contribution in [3.8, 4) is 5.75 Å². The predicted molar refractivity (Wildman–Crippen MR) is 102 cm³/mol. The van der Waals surface area contributed by atoms with Gasteiger partial charge in [-0.2, -0.15) is 0 Å². The van der Waals surface area contributed by atoms with E-state index in [0.29, 0.717) is 13.0 Å². The van der Waals surface area contributed by atoms with Crippen LogP contribution in [0.25, 0.3) is 0 Å². The van der Waals surface area contributed by atoms with Gasteiger partial charge >= 0.3 is 6.09 Å². The molecule has 25 heavy (non-hydrogen) atoms. The number of amides is 1. The number of hydrogen-bond acceptors (Lipinski definition) is 3. The molecule has 1 aliphatic rings. The lowest BCUT2D eigenvalue weighted by atomic mass is 10.0. The van der Waals surface area contributed by atoms with Crippen LogP contribution in [0.3, 0.4) is 0 Å². The second-order valence-electron chi connectivity index (χ2n) is 8.26. The van der Waals surface area contributed by atoms with E-state index >= 15 is 0 Å². The van der Waals surface area contributed by atoms with E-state index < -0.39 is 14.4 Å². The topological polar surface area (TPSA) is 59.0 Å². The summed E-state index contributed by atoms with van der Waals surface area (Å²) in [6.45, 7) is 11.6. The number of para-hydroxylation sites is 1. The van der Waals surface area contributed by atoms with E-state index in [1.807, 2.05) is 24.3 Å². The summed E-state index contributed by atoms with van der Waals surface area (Å²) in [6, 6.07) is 7.62. The van der Waals surface area contributed by atoms with E-state index in [2.05, 4.69) is 33.9 Å². The van der Waals surface area contributed by atoms with Crippen molar-refractivity contribution in [1.82, 2.24) is 4.90 Å². The van der Waals surface area contributed by atoms with Gasteiger partial charge in [-0.3, -0.25) is 0 Å². The van der Waals surface area contributed by atoms with E-state index in [1.165, 1.54) is 4.90 Å². The number of methoxy groups -OCH3 is 1. The quantitative estimate of drug-likeness (QED) is 0.787. The number of nitrogens with zero attached hydrogens (tertiary/aromatic N) is 1. The van der Waals surface area contributed by atoms with Gasteiger partial charge in [0.15, 0.2) is 8.32 Å². The van der Waals surface area contributed by atoms with Gasteiger partial charge in [0.25, 0.3) is 0 Å². The van der Waals surface area contributed by atoms with Crippen LogP contribution in [0.4, 0.5) is 4.79 Å². The number of likely N-dealkylation sites (tertiary alicyclic amines) is 1. The largest absolute Gasteiger partial charge is 0.496 e. The van der Waals surface area contributed by atoms with Crippen LogP contribution in [0.1, 0.15) is 32.8 Å². The highest BCUT2D eigenvalue weighted by atomic mass is 28.4. The number of carboxylic acid groups (broad SMARTS) is 1. The highest BCUT2D eigenvalue weighted by Gasteiger charge is 2.45. The highest BCUT2D eigenvalue weighted by molar-refractivity contribution is 6.74. The Labute approximate surface area is 152 Å². The zero-order valence-corrected chi connectivity index (χ0v) is 17.2. The van der Waals surface area contributed by atoms with Gasteiger partial charge in [-0.05, 0) is 42.6 Å². The Morgan fingerprint density at radius 3 is 2.52 bits per heavy atom. The smallest absolute Gasteiger partial charge is 0.407 e. The van der Waals surface area contributed by atoms with Crippen LogP contribution in [0, 0.1) is 0 Å². The van der Waals surface area contributed by atoms with E-state index in [0.717, 1.165) is 17.7 Å². The molecule has 5 nitrogen and oxygen atoms in total. The monoisotopic (exact) mass is 365 g/mol. The van der Waals surface area contributed by atoms with Crippen molar-refractivity contribution in [2.45, 2.75) is 63.9 Å². The van der Waals surface area contributed by atoms with Gasteiger partial charge in [0.2, 0.25) is 0 Å². The molecule has 1 aromatic carbocycles. The van der Waals surface area contributed by atoms with Crippen molar-refractivity contribution in [3.63, 3.8) is 0 Å². The summed E-state index contributed by atoms with van der Waals surface area (Å²) in [6.07, 6.45) is 0.414. The van der Waals surface area contributed by atoms with Crippen molar-refractivity contribution in [3.05, 3.63) is 29.8 Å². The van der Waals surface area contributed by atoms with Gasteiger partial charge in [0.1, 0.15) is 5.75 Å². The fraction of sp³-hybridized carbons (Fsp3) is 0.632. The van der Waals surface area contributed by atoms with Crippen LogP contribution >= 0.6 is 0 Å². The lowest BCUT2D eigenvalue weighted by molar-refractivity contribution is 0.104. The van der Waals surface area contributed by atoms with Crippen molar-refractivity contribution in [2.75, 3.05) is 13.7 Å². The normalized spacial score (nSPS) is 21.4. The first-order valence-corrected chi connectivity index (χ1v) is 11.8. The molecule has 0 aliphatic carbocycles. The Morgan fingerprint density at radius 2 is 1.96 bits per heavy atom. The lowest BCUT2D eigenvalue weighted by Crippen LogP contribution is -2.49. The van der Waals surface area contributed by atoms with E-state index in [1.54, 1.807) is 7.11 Å².